The van der Waals surface area contributed by atoms with Gasteiger partial charge in [0.1, 0.15) is 0 Å². The minimum Gasteiger partial charge on any atom is -0.379 e. The first-order chi connectivity index (χ1) is 5.53. The highest BCUT2D eigenvalue weighted by Crippen LogP contribution is 2.33. The fraction of sp³-hybridized carbons (Fsp3) is 0.455. The van der Waals surface area contributed by atoms with Crippen molar-refractivity contribution in [3.05, 3.63) is 36.6 Å². The lowest BCUT2D eigenvalue weighted by Crippen LogP contribution is -2.38. The Bertz CT molecular complexity index is 246. The number of hydrogen-bond donors (Lipinski definition) is 1. The molecule has 0 amide bonds. The van der Waals surface area contributed by atoms with Crippen molar-refractivity contribution in [3.8, 4) is 0 Å². The van der Waals surface area contributed by atoms with Crippen LogP contribution in [0.2, 0.25) is 0 Å². The Morgan fingerprint density at radius 1 is 1.33 bits per heavy atom. The summed E-state index contributed by atoms with van der Waals surface area (Å²) < 4.78 is 0. The molecule has 1 aliphatic rings. The van der Waals surface area contributed by atoms with Crippen molar-refractivity contribution in [2.45, 2.75) is 26.3 Å². The van der Waals surface area contributed by atoms with Crippen LogP contribution in [0.3, 0.4) is 0 Å². The minimum absolute atomic E-state index is 0.132. The van der Waals surface area contributed by atoms with E-state index in [9.17, 15) is 0 Å². The topological polar surface area (TPSA) is 12.0 Å². The molecule has 66 valence electrons. The predicted octanol–water partition coefficient (Wildman–Crippen LogP) is 2.63. The quantitative estimate of drug-likeness (QED) is 0.660. The van der Waals surface area contributed by atoms with Gasteiger partial charge >= 0.3 is 0 Å². The van der Waals surface area contributed by atoms with Gasteiger partial charge in [0.25, 0.3) is 0 Å². The Morgan fingerprint density at radius 2 is 1.92 bits per heavy atom. The van der Waals surface area contributed by atoms with Gasteiger partial charge in [0, 0.05) is 17.2 Å². The molecular weight excluding hydrogens is 146 g/mol. The first kappa shape index (κ1) is 9.11. The highest BCUT2D eigenvalue weighted by Gasteiger charge is 2.34. The van der Waals surface area contributed by atoms with Crippen LogP contribution in [0.25, 0.3) is 0 Å². The van der Waals surface area contributed by atoms with Gasteiger partial charge in [0.05, 0.1) is 0 Å². The molecule has 1 atom stereocenters. The highest BCUT2D eigenvalue weighted by molar-refractivity contribution is 5.39. The molecule has 0 aliphatic carbocycles. The Hall–Kier alpha value is -0.980. The fourth-order valence-corrected chi connectivity index (χ4v) is 1.61. The maximum Gasteiger partial charge on any atom is 0.0384 e. The van der Waals surface area contributed by atoms with Crippen LogP contribution < -0.4 is 5.32 Å². The highest BCUT2D eigenvalue weighted by atomic mass is 15.0. The first-order valence-corrected chi connectivity index (χ1v) is 4.30. The molecule has 0 aromatic rings. The first-order valence-electron chi connectivity index (χ1n) is 4.30. The lowest BCUT2D eigenvalue weighted by Gasteiger charge is -2.26. The Labute approximate surface area is 74.9 Å². The SMILES string of the molecule is C=CC1=C(C=C)C(C)C(C)(C)N1. The van der Waals surface area contributed by atoms with Crippen LogP contribution in [0.15, 0.2) is 36.6 Å². The number of allylic oxidation sites excluding steroid dienone is 2. The third-order valence-corrected chi connectivity index (χ3v) is 2.74. The molecule has 1 heteroatoms. The maximum absolute atomic E-state index is 3.81. The van der Waals surface area contributed by atoms with Gasteiger partial charge < -0.3 is 5.32 Å². The molecule has 0 aromatic carbocycles. The summed E-state index contributed by atoms with van der Waals surface area (Å²) in [6.45, 7) is 14.2. The summed E-state index contributed by atoms with van der Waals surface area (Å²) in [6, 6.07) is 0. The normalized spacial score (nSPS) is 26.8. The molecule has 0 saturated heterocycles. The van der Waals surface area contributed by atoms with Crippen LogP contribution in [0, 0.1) is 5.92 Å². The molecule has 0 bridgehead atoms. The van der Waals surface area contributed by atoms with Crippen molar-refractivity contribution >= 4 is 0 Å². The third-order valence-electron chi connectivity index (χ3n) is 2.74. The molecule has 1 N–H and O–H groups in total. The second kappa shape index (κ2) is 2.81. The van der Waals surface area contributed by atoms with Crippen molar-refractivity contribution < 1.29 is 0 Å². The van der Waals surface area contributed by atoms with Gasteiger partial charge in [-0.15, -0.1) is 0 Å². The average Bonchev–Trinajstić information content (AvgIpc) is 2.24. The van der Waals surface area contributed by atoms with Gasteiger partial charge in [-0.2, -0.15) is 0 Å². The molecule has 1 rings (SSSR count). The second-order valence-corrected chi connectivity index (χ2v) is 3.85. The summed E-state index contributed by atoms with van der Waals surface area (Å²) in [7, 11) is 0. The molecule has 0 radical (unpaired) electrons. The van der Waals surface area contributed by atoms with Gasteiger partial charge in [-0.25, -0.2) is 0 Å². The second-order valence-electron chi connectivity index (χ2n) is 3.85. The minimum atomic E-state index is 0.132. The largest absolute Gasteiger partial charge is 0.379 e. The van der Waals surface area contributed by atoms with Crippen molar-refractivity contribution in [1.82, 2.24) is 5.32 Å². The summed E-state index contributed by atoms with van der Waals surface area (Å²) in [5.74, 6) is 0.503. The van der Waals surface area contributed by atoms with Crippen LogP contribution in [0.4, 0.5) is 0 Å². The van der Waals surface area contributed by atoms with E-state index in [1.165, 1.54) is 5.57 Å². The Kier molecular flexibility index (Phi) is 2.14. The monoisotopic (exact) mass is 163 g/mol. The van der Waals surface area contributed by atoms with Gasteiger partial charge in [0.2, 0.25) is 0 Å². The summed E-state index contributed by atoms with van der Waals surface area (Å²) in [6.07, 6.45) is 3.78. The van der Waals surface area contributed by atoms with Crippen molar-refractivity contribution in [2.75, 3.05) is 0 Å². The van der Waals surface area contributed by atoms with E-state index in [4.69, 9.17) is 0 Å². The Morgan fingerprint density at radius 3 is 2.25 bits per heavy atom. The van der Waals surface area contributed by atoms with Gasteiger partial charge in [-0.3, -0.25) is 0 Å². The zero-order valence-electron chi connectivity index (χ0n) is 8.15. The van der Waals surface area contributed by atoms with E-state index in [2.05, 4.69) is 39.2 Å². The summed E-state index contributed by atoms with van der Waals surface area (Å²) in [5, 5.41) is 3.42. The van der Waals surface area contributed by atoms with E-state index in [1.807, 2.05) is 12.2 Å². The molecule has 0 aromatic heterocycles. The van der Waals surface area contributed by atoms with Crippen LogP contribution in [0.1, 0.15) is 20.8 Å². The van der Waals surface area contributed by atoms with Crippen LogP contribution >= 0.6 is 0 Å². The lowest BCUT2D eigenvalue weighted by molar-refractivity contribution is 0.371. The molecule has 1 heterocycles. The van der Waals surface area contributed by atoms with E-state index < -0.39 is 0 Å². The fourth-order valence-electron chi connectivity index (χ4n) is 1.61. The van der Waals surface area contributed by atoms with E-state index in [0.29, 0.717) is 5.92 Å². The van der Waals surface area contributed by atoms with Gasteiger partial charge in [-0.1, -0.05) is 26.2 Å². The molecule has 0 spiro atoms. The summed E-state index contributed by atoms with van der Waals surface area (Å²) in [5.41, 5.74) is 2.53. The van der Waals surface area contributed by atoms with Crippen molar-refractivity contribution in [3.63, 3.8) is 0 Å². The molecule has 1 aliphatic heterocycles. The van der Waals surface area contributed by atoms with Gasteiger partial charge in [0.15, 0.2) is 0 Å². The number of hydrogen-bond acceptors (Lipinski definition) is 1. The summed E-state index contributed by atoms with van der Waals surface area (Å²) >= 11 is 0. The molecule has 1 nitrogen and oxygen atoms in total. The predicted molar refractivity (Wildman–Crippen MR) is 53.8 cm³/mol. The maximum atomic E-state index is 3.81. The van der Waals surface area contributed by atoms with Crippen molar-refractivity contribution in [2.24, 2.45) is 5.92 Å². The van der Waals surface area contributed by atoms with E-state index in [1.54, 1.807) is 0 Å². The van der Waals surface area contributed by atoms with Crippen LogP contribution in [-0.2, 0) is 0 Å². The smallest absolute Gasteiger partial charge is 0.0384 e. The van der Waals surface area contributed by atoms with Crippen molar-refractivity contribution in [1.29, 1.82) is 0 Å². The van der Waals surface area contributed by atoms with Crippen LogP contribution in [-0.4, -0.2) is 5.54 Å². The van der Waals surface area contributed by atoms with E-state index in [0.717, 1.165) is 5.70 Å². The number of rotatable bonds is 2. The van der Waals surface area contributed by atoms with E-state index >= 15 is 0 Å². The summed E-state index contributed by atoms with van der Waals surface area (Å²) in [4.78, 5) is 0. The molecule has 1 unspecified atom stereocenters. The molecule has 0 fully saturated rings. The third kappa shape index (κ3) is 1.20. The molecular formula is C11H17N. The zero-order chi connectivity index (χ0) is 9.35. The lowest BCUT2D eigenvalue weighted by atomic mass is 9.87. The average molecular weight is 163 g/mol. The van der Waals surface area contributed by atoms with Crippen LogP contribution in [0.5, 0.6) is 0 Å². The van der Waals surface area contributed by atoms with Gasteiger partial charge in [-0.05, 0) is 25.5 Å². The molecule has 0 saturated carbocycles. The number of nitrogens with one attached hydrogen (secondary N) is 1. The standard InChI is InChI=1S/C11H17N/c1-6-9-8(3)11(4,5)12-10(9)7-2/h6-8,12H,1-2H2,3-5H3. The zero-order valence-corrected chi connectivity index (χ0v) is 8.15. The Balaban J connectivity index is 3.05. The molecule has 12 heavy (non-hydrogen) atoms. The van der Waals surface area contributed by atoms with E-state index in [-0.39, 0.29) is 5.54 Å².